The number of benzene rings is 2. The Bertz CT molecular complexity index is 1200. The molecule has 2 N–H and O–H groups in total. The minimum atomic E-state index is 0. The van der Waals surface area contributed by atoms with Crippen molar-refractivity contribution in [1.29, 1.82) is 10.7 Å². The van der Waals surface area contributed by atoms with Crippen LogP contribution in [-0.2, 0) is 12.8 Å². The van der Waals surface area contributed by atoms with Gasteiger partial charge in [-0.1, -0.05) is 18.2 Å². The standard InChI is InChI=1S/C28H30N5.CH3.U/c1-18-15-19(2)24(28-31-25-5-3-4-6-26(25)32-28)16-23(18)27(30)33-13-11-22(12-14-33)21-9-7-20(17-29)8-10-21;;/h3,7-10,15-16,22,30H,4-6,11-14H2,1-2H3,(H,31,32);1H3;/q2*-1;+2. The number of fused-ring (bicyclic) bond motifs is 1. The Hall–Kier alpha value is -2.34. The first kappa shape index (κ1) is 27.3. The third kappa shape index (κ3) is 5.58. The third-order valence-electron chi connectivity index (χ3n) is 7.20. The van der Waals surface area contributed by atoms with E-state index in [1.165, 1.54) is 16.8 Å². The van der Waals surface area contributed by atoms with Gasteiger partial charge in [0.15, 0.2) is 0 Å². The fourth-order valence-corrected chi connectivity index (χ4v) is 5.23. The van der Waals surface area contributed by atoms with Crippen LogP contribution in [0, 0.1) is 75.5 Å². The number of nitrogens with zero attached hydrogens (tertiary/aromatic N) is 3. The van der Waals surface area contributed by atoms with Gasteiger partial charge in [-0.3, -0.25) is 5.41 Å². The van der Waals surface area contributed by atoms with Crippen molar-refractivity contribution in [3.63, 3.8) is 0 Å². The van der Waals surface area contributed by atoms with Crippen molar-refractivity contribution < 1.29 is 31.1 Å². The third-order valence-corrected chi connectivity index (χ3v) is 7.20. The molecule has 0 amide bonds. The summed E-state index contributed by atoms with van der Waals surface area (Å²) in [4.78, 5) is 10.7. The molecule has 2 heterocycles. The Kier molecular flexibility index (Phi) is 9.03. The van der Waals surface area contributed by atoms with Crippen LogP contribution in [-0.4, -0.2) is 33.8 Å². The first-order chi connectivity index (χ1) is 16.0. The molecule has 0 saturated carbocycles. The number of aromatic nitrogens is 2. The second kappa shape index (κ2) is 11.6. The van der Waals surface area contributed by atoms with E-state index in [0.717, 1.165) is 73.4 Å². The van der Waals surface area contributed by atoms with E-state index in [1.54, 1.807) is 0 Å². The maximum atomic E-state index is 9.03. The first-order valence-corrected chi connectivity index (χ1v) is 11.9. The largest absolute Gasteiger partial charge is 2.00 e. The molecular weight excluding hydrogens is 656 g/mol. The van der Waals surface area contributed by atoms with Gasteiger partial charge in [0, 0.05) is 35.6 Å². The summed E-state index contributed by atoms with van der Waals surface area (Å²) in [6.45, 7) is 5.98. The van der Waals surface area contributed by atoms with Gasteiger partial charge in [-0.2, -0.15) is 11.7 Å². The molecule has 0 bridgehead atoms. The predicted molar refractivity (Wildman–Crippen MR) is 138 cm³/mol. The molecule has 2 aliphatic rings. The fraction of sp³-hybridized carbons (Fsp3) is 0.345. The monoisotopic (exact) mass is 689 g/mol. The van der Waals surface area contributed by atoms with Gasteiger partial charge < -0.3 is 23.7 Å². The van der Waals surface area contributed by atoms with Gasteiger partial charge in [0.05, 0.1) is 11.6 Å². The van der Waals surface area contributed by atoms with Gasteiger partial charge in [0.1, 0.15) is 11.7 Å². The van der Waals surface area contributed by atoms with E-state index in [-0.39, 0.29) is 38.5 Å². The number of H-pyrrole nitrogens is 1. The van der Waals surface area contributed by atoms with Crippen LogP contribution in [0.15, 0.2) is 36.4 Å². The predicted octanol–water partition coefficient (Wildman–Crippen LogP) is 5.91. The maximum Gasteiger partial charge on any atom is 2.00 e. The van der Waals surface area contributed by atoms with E-state index in [4.69, 9.17) is 15.7 Å². The number of hydrogen-bond acceptors (Lipinski definition) is 3. The molecule has 5 rings (SSSR count). The second-order valence-electron chi connectivity index (χ2n) is 9.37. The Morgan fingerprint density at radius 1 is 1.14 bits per heavy atom. The first-order valence-electron chi connectivity index (χ1n) is 11.9. The molecule has 6 heteroatoms. The van der Waals surface area contributed by atoms with Gasteiger partial charge in [-0.15, -0.1) is 6.42 Å². The topological polar surface area (TPSA) is 79.6 Å². The van der Waals surface area contributed by atoms with Crippen molar-refractivity contribution in [3.8, 4) is 17.5 Å². The van der Waals surface area contributed by atoms with Crippen LogP contribution in [0.2, 0.25) is 0 Å². The fourth-order valence-electron chi connectivity index (χ4n) is 5.23. The van der Waals surface area contributed by atoms with Gasteiger partial charge in [-0.05, 0) is 73.9 Å². The Morgan fingerprint density at radius 3 is 2.51 bits per heavy atom. The maximum absolute atomic E-state index is 9.03. The zero-order valence-electron chi connectivity index (χ0n) is 20.9. The molecule has 35 heavy (non-hydrogen) atoms. The van der Waals surface area contributed by atoms with Crippen LogP contribution in [0.5, 0.6) is 0 Å². The van der Waals surface area contributed by atoms with E-state index >= 15 is 0 Å². The van der Waals surface area contributed by atoms with Gasteiger partial charge in [-0.25, -0.2) is 4.98 Å². The average molecular weight is 690 g/mol. The van der Waals surface area contributed by atoms with E-state index in [2.05, 4.69) is 60.5 Å². The minimum Gasteiger partial charge on any atom is -0.358 e. The van der Waals surface area contributed by atoms with Crippen molar-refractivity contribution in [3.05, 3.63) is 89.5 Å². The number of aryl methyl sites for hydroxylation is 3. The molecule has 0 spiro atoms. The number of piperidine rings is 1. The van der Waals surface area contributed by atoms with Gasteiger partial charge in [0.2, 0.25) is 0 Å². The molecule has 1 aliphatic heterocycles. The zero-order valence-corrected chi connectivity index (χ0v) is 25.1. The molecule has 0 unspecified atom stereocenters. The van der Waals surface area contributed by atoms with E-state index in [1.807, 2.05) is 12.1 Å². The van der Waals surface area contributed by atoms with Crippen molar-refractivity contribution in [2.45, 2.75) is 51.9 Å². The molecule has 178 valence electrons. The number of nitriles is 1. The van der Waals surface area contributed by atoms with Crippen LogP contribution in [0.4, 0.5) is 0 Å². The summed E-state index contributed by atoms with van der Waals surface area (Å²) < 4.78 is 0. The molecular formula is C29H33N5U. The minimum absolute atomic E-state index is 0. The number of nitrogens with one attached hydrogen (secondary N) is 2. The van der Waals surface area contributed by atoms with Crippen LogP contribution in [0.1, 0.15) is 64.4 Å². The van der Waals surface area contributed by atoms with Crippen LogP contribution in [0.25, 0.3) is 11.4 Å². The van der Waals surface area contributed by atoms with Gasteiger partial charge in [0.25, 0.3) is 0 Å². The zero-order chi connectivity index (χ0) is 22.9. The summed E-state index contributed by atoms with van der Waals surface area (Å²) in [5.74, 6) is 2.03. The molecule has 5 nitrogen and oxygen atoms in total. The molecule has 1 saturated heterocycles. The van der Waals surface area contributed by atoms with E-state index in [9.17, 15) is 0 Å². The average Bonchev–Trinajstić information content (AvgIpc) is 3.28. The van der Waals surface area contributed by atoms with Crippen molar-refractivity contribution in [2.24, 2.45) is 0 Å². The Labute approximate surface area is 233 Å². The van der Waals surface area contributed by atoms with Crippen LogP contribution >= 0.6 is 0 Å². The molecule has 0 atom stereocenters. The normalized spacial score (nSPS) is 15.4. The number of amidine groups is 1. The smallest absolute Gasteiger partial charge is 0.358 e. The van der Waals surface area contributed by atoms with E-state index < -0.39 is 0 Å². The van der Waals surface area contributed by atoms with Crippen molar-refractivity contribution >= 4 is 5.84 Å². The summed E-state index contributed by atoms with van der Waals surface area (Å²) in [5, 5.41) is 18.0. The van der Waals surface area contributed by atoms with Crippen molar-refractivity contribution in [2.75, 3.05) is 13.1 Å². The number of hydrogen-bond donors (Lipinski definition) is 2. The molecule has 1 aromatic heterocycles. The number of imidazole rings is 1. The summed E-state index contributed by atoms with van der Waals surface area (Å²) in [6, 6.07) is 14.5. The molecule has 1 fully saturated rings. The Morgan fingerprint density at radius 2 is 1.86 bits per heavy atom. The molecule has 1 aliphatic carbocycles. The van der Waals surface area contributed by atoms with Crippen LogP contribution in [0.3, 0.4) is 0 Å². The Balaban J connectivity index is 0.00000171. The second-order valence-corrected chi connectivity index (χ2v) is 9.37. The summed E-state index contributed by atoms with van der Waals surface area (Å²) in [7, 11) is 0. The summed E-state index contributed by atoms with van der Waals surface area (Å²) in [5.41, 5.74) is 8.85. The number of likely N-dealkylation sites (tertiary alicyclic amines) is 1. The van der Waals surface area contributed by atoms with Gasteiger partial charge >= 0.3 is 31.1 Å². The summed E-state index contributed by atoms with van der Waals surface area (Å²) >= 11 is 0. The molecule has 0 radical (unpaired) electrons. The number of aromatic amines is 1. The van der Waals surface area contributed by atoms with E-state index in [0.29, 0.717) is 17.3 Å². The van der Waals surface area contributed by atoms with Crippen molar-refractivity contribution in [1.82, 2.24) is 14.9 Å². The quantitative estimate of drug-likeness (QED) is 0.204. The molecule has 2 aromatic carbocycles. The SMILES string of the molecule is Cc1cc(C)c(-c2nc3c([nH]2)CC[CH-]C3)cc1C(=N)N1CCC(c2ccc(C#N)cc2)CC1.[CH3-].[U+2]. The summed E-state index contributed by atoms with van der Waals surface area (Å²) in [6.07, 6.45) is 7.42. The molecule has 3 aromatic rings. The van der Waals surface area contributed by atoms with Crippen LogP contribution < -0.4 is 0 Å². The number of rotatable bonds is 3.